The van der Waals surface area contributed by atoms with Crippen LogP contribution in [0, 0.1) is 5.92 Å². The van der Waals surface area contributed by atoms with Gasteiger partial charge in [-0.3, -0.25) is 9.59 Å². The van der Waals surface area contributed by atoms with E-state index in [-0.39, 0.29) is 25.4 Å². The number of amides is 1. The number of carboxylic acid groups (broad SMARTS) is 1. The number of aliphatic carboxylic acids is 1. The van der Waals surface area contributed by atoms with Crippen molar-refractivity contribution in [3.05, 3.63) is 0 Å². The molecule has 0 aromatic rings. The lowest BCUT2D eigenvalue weighted by molar-refractivity contribution is -0.166. The van der Waals surface area contributed by atoms with Gasteiger partial charge >= 0.3 is 5.97 Å². The predicted molar refractivity (Wildman–Crippen MR) is 56.6 cm³/mol. The second kappa shape index (κ2) is 4.39. The van der Waals surface area contributed by atoms with E-state index in [1.54, 1.807) is 0 Å². The van der Waals surface area contributed by atoms with E-state index >= 15 is 0 Å². The molecule has 92 valence electrons. The zero-order chi connectivity index (χ0) is 12.5. The number of aliphatic hydroxyl groups is 1. The maximum atomic E-state index is 11.6. The summed E-state index contributed by atoms with van der Waals surface area (Å²) < 4.78 is 0. The minimum absolute atomic E-state index is 0.0623. The molecule has 1 amide bonds. The lowest BCUT2D eigenvalue weighted by Gasteiger charge is -2.49. The Bertz CT molecular complexity index is 297. The fourth-order valence-corrected chi connectivity index (χ4v) is 1.65. The molecular weight excluding hydrogens is 212 g/mol. The number of hydrogen-bond acceptors (Lipinski definition) is 4. The van der Waals surface area contributed by atoms with Gasteiger partial charge in [-0.2, -0.15) is 0 Å². The van der Waals surface area contributed by atoms with Crippen molar-refractivity contribution in [1.82, 2.24) is 4.90 Å². The maximum Gasteiger partial charge on any atom is 0.305 e. The summed E-state index contributed by atoms with van der Waals surface area (Å²) in [6.45, 7) is 4.21. The second-order valence-electron chi connectivity index (χ2n) is 4.66. The van der Waals surface area contributed by atoms with Crippen molar-refractivity contribution in [1.29, 1.82) is 0 Å². The molecule has 0 aromatic heterocycles. The zero-order valence-electron chi connectivity index (χ0n) is 9.51. The van der Waals surface area contributed by atoms with Crippen LogP contribution in [-0.4, -0.2) is 51.7 Å². The van der Waals surface area contributed by atoms with Crippen LogP contribution in [0.2, 0.25) is 0 Å². The third-order valence-electron chi connectivity index (χ3n) is 3.03. The van der Waals surface area contributed by atoms with E-state index in [9.17, 15) is 14.7 Å². The van der Waals surface area contributed by atoms with Gasteiger partial charge in [-0.25, -0.2) is 0 Å². The summed E-state index contributed by atoms with van der Waals surface area (Å²) in [5.41, 5.74) is 4.59. The summed E-state index contributed by atoms with van der Waals surface area (Å²) in [4.78, 5) is 23.4. The first kappa shape index (κ1) is 12.9. The molecule has 1 aliphatic rings. The van der Waals surface area contributed by atoms with Crippen molar-refractivity contribution < 1.29 is 19.8 Å². The molecule has 0 saturated carbocycles. The highest BCUT2D eigenvalue weighted by atomic mass is 16.4. The molecule has 6 heteroatoms. The summed E-state index contributed by atoms with van der Waals surface area (Å²) in [7, 11) is 0. The molecule has 0 aromatic carbocycles. The second-order valence-corrected chi connectivity index (χ2v) is 4.66. The molecule has 1 unspecified atom stereocenters. The van der Waals surface area contributed by atoms with E-state index in [2.05, 4.69) is 0 Å². The SMILES string of the molecule is CC(C)C1(O)CN(C(=O)C(N)CC(=O)O)C1. The third-order valence-corrected chi connectivity index (χ3v) is 3.03. The van der Waals surface area contributed by atoms with E-state index in [0.29, 0.717) is 0 Å². The third kappa shape index (κ3) is 2.51. The molecule has 16 heavy (non-hydrogen) atoms. The highest BCUT2D eigenvalue weighted by molar-refractivity contribution is 5.86. The summed E-state index contributed by atoms with van der Waals surface area (Å²) in [6.07, 6.45) is -0.380. The molecule has 0 spiro atoms. The summed E-state index contributed by atoms with van der Waals surface area (Å²) >= 11 is 0. The highest BCUT2D eigenvalue weighted by Crippen LogP contribution is 2.28. The van der Waals surface area contributed by atoms with Gasteiger partial charge in [-0.05, 0) is 5.92 Å². The van der Waals surface area contributed by atoms with Crippen LogP contribution in [-0.2, 0) is 9.59 Å². The minimum atomic E-state index is -1.10. The molecular formula is C10H18N2O4. The Hall–Kier alpha value is -1.14. The molecule has 1 saturated heterocycles. The van der Waals surface area contributed by atoms with Gasteiger partial charge < -0.3 is 20.8 Å². The van der Waals surface area contributed by atoms with Crippen molar-refractivity contribution in [2.75, 3.05) is 13.1 Å². The number of rotatable bonds is 4. The number of carbonyl (C=O) groups is 2. The first-order chi connectivity index (χ1) is 7.26. The van der Waals surface area contributed by atoms with Gasteiger partial charge in [0.1, 0.15) is 5.60 Å². The van der Waals surface area contributed by atoms with Gasteiger partial charge in [0.05, 0.1) is 25.6 Å². The topological polar surface area (TPSA) is 104 Å². The average Bonchev–Trinajstić information content (AvgIpc) is 2.10. The normalized spacial score (nSPS) is 20.4. The molecule has 1 fully saturated rings. The predicted octanol–water partition coefficient (Wildman–Crippen LogP) is -0.982. The van der Waals surface area contributed by atoms with Crippen LogP contribution < -0.4 is 5.73 Å². The number of β-amino-alcohol motifs (C(OH)–C–C–N with tert-alkyl or cyclic N) is 1. The van der Waals surface area contributed by atoms with Crippen LogP contribution in [0.3, 0.4) is 0 Å². The molecule has 1 aliphatic heterocycles. The maximum absolute atomic E-state index is 11.6. The monoisotopic (exact) mass is 230 g/mol. The Morgan fingerprint density at radius 1 is 1.44 bits per heavy atom. The molecule has 0 aliphatic carbocycles. The number of carboxylic acids is 1. The average molecular weight is 230 g/mol. The van der Waals surface area contributed by atoms with Crippen LogP contribution in [0.4, 0.5) is 0 Å². The Kier molecular flexibility index (Phi) is 3.54. The number of nitrogens with two attached hydrogens (primary N) is 1. The van der Waals surface area contributed by atoms with Crippen LogP contribution in [0.5, 0.6) is 0 Å². The fourth-order valence-electron chi connectivity index (χ4n) is 1.65. The van der Waals surface area contributed by atoms with E-state index in [1.165, 1.54) is 4.90 Å². The van der Waals surface area contributed by atoms with Crippen LogP contribution in [0.15, 0.2) is 0 Å². The standard InChI is InChI=1S/C10H18N2O4/c1-6(2)10(16)4-12(5-10)9(15)7(11)3-8(13)14/h6-7,16H,3-5,11H2,1-2H3,(H,13,14). The van der Waals surface area contributed by atoms with E-state index in [4.69, 9.17) is 10.8 Å². The minimum Gasteiger partial charge on any atom is -0.481 e. The zero-order valence-corrected chi connectivity index (χ0v) is 9.51. The summed E-state index contributed by atoms with van der Waals surface area (Å²) in [5.74, 6) is -1.44. The quantitative estimate of drug-likeness (QED) is 0.575. The Morgan fingerprint density at radius 3 is 2.31 bits per heavy atom. The summed E-state index contributed by atoms with van der Waals surface area (Å²) in [6, 6.07) is -1.02. The van der Waals surface area contributed by atoms with Crippen molar-refractivity contribution in [2.45, 2.75) is 31.9 Å². The van der Waals surface area contributed by atoms with Gasteiger partial charge in [0.15, 0.2) is 0 Å². The van der Waals surface area contributed by atoms with Crippen LogP contribution in [0.25, 0.3) is 0 Å². The van der Waals surface area contributed by atoms with Gasteiger partial charge in [0, 0.05) is 0 Å². The Labute approximate surface area is 94.0 Å². The van der Waals surface area contributed by atoms with Crippen LogP contribution in [0.1, 0.15) is 20.3 Å². The Morgan fingerprint density at radius 2 is 1.94 bits per heavy atom. The smallest absolute Gasteiger partial charge is 0.305 e. The van der Waals surface area contributed by atoms with Gasteiger partial charge in [0.2, 0.25) is 5.91 Å². The molecule has 6 nitrogen and oxygen atoms in total. The van der Waals surface area contributed by atoms with Crippen molar-refractivity contribution in [3.8, 4) is 0 Å². The summed E-state index contributed by atoms with van der Waals surface area (Å²) in [5, 5.41) is 18.4. The van der Waals surface area contributed by atoms with Crippen molar-refractivity contribution >= 4 is 11.9 Å². The molecule has 1 rings (SSSR count). The molecule has 4 N–H and O–H groups in total. The van der Waals surface area contributed by atoms with Crippen molar-refractivity contribution in [2.24, 2.45) is 11.7 Å². The molecule has 1 heterocycles. The van der Waals surface area contributed by atoms with E-state index in [1.807, 2.05) is 13.8 Å². The van der Waals surface area contributed by atoms with Crippen LogP contribution >= 0.6 is 0 Å². The first-order valence-corrected chi connectivity index (χ1v) is 5.25. The molecule has 0 radical (unpaired) electrons. The Balaban J connectivity index is 2.45. The molecule has 0 bridgehead atoms. The number of carbonyl (C=O) groups excluding carboxylic acids is 1. The van der Waals surface area contributed by atoms with E-state index < -0.39 is 23.5 Å². The fraction of sp³-hybridized carbons (Fsp3) is 0.800. The largest absolute Gasteiger partial charge is 0.481 e. The number of nitrogens with zero attached hydrogens (tertiary/aromatic N) is 1. The lowest BCUT2D eigenvalue weighted by Crippen LogP contribution is -2.68. The number of likely N-dealkylation sites (tertiary alicyclic amines) is 1. The van der Waals surface area contributed by atoms with Gasteiger partial charge in [0.25, 0.3) is 0 Å². The van der Waals surface area contributed by atoms with Crippen molar-refractivity contribution in [3.63, 3.8) is 0 Å². The molecule has 1 atom stereocenters. The lowest BCUT2D eigenvalue weighted by atomic mass is 9.82. The highest BCUT2D eigenvalue weighted by Gasteiger charge is 2.46. The van der Waals surface area contributed by atoms with E-state index in [0.717, 1.165) is 0 Å². The first-order valence-electron chi connectivity index (χ1n) is 5.25. The number of hydrogen-bond donors (Lipinski definition) is 3. The van der Waals surface area contributed by atoms with Gasteiger partial charge in [-0.15, -0.1) is 0 Å². The van der Waals surface area contributed by atoms with Gasteiger partial charge in [-0.1, -0.05) is 13.8 Å².